The molecule has 3 rings (SSSR count). The van der Waals surface area contributed by atoms with Crippen molar-refractivity contribution in [2.75, 3.05) is 27.3 Å². The van der Waals surface area contributed by atoms with E-state index in [4.69, 9.17) is 9.47 Å². The molecule has 0 aliphatic carbocycles. The molecule has 27 heavy (non-hydrogen) atoms. The second kappa shape index (κ2) is 8.00. The highest BCUT2D eigenvalue weighted by Gasteiger charge is 2.47. The summed E-state index contributed by atoms with van der Waals surface area (Å²) in [5.74, 6) is 3.03. The Balaban J connectivity index is 1.96. The van der Waals surface area contributed by atoms with Crippen molar-refractivity contribution in [3.63, 3.8) is 0 Å². The number of nitrogens with zero attached hydrogens (tertiary/aromatic N) is 1. The van der Waals surface area contributed by atoms with Gasteiger partial charge in [-0.1, -0.05) is 27.7 Å². The Bertz CT molecular complexity index is 657. The van der Waals surface area contributed by atoms with Crippen LogP contribution in [0.5, 0.6) is 11.5 Å². The molecule has 1 saturated heterocycles. The first kappa shape index (κ1) is 20.5. The molecule has 0 bridgehead atoms. The van der Waals surface area contributed by atoms with Crippen molar-refractivity contribution < 1.29 is 14.6 Å². The van der Waals surface area contributed by atoms with E-state index in [-0.39, 0.29) is 6.04 Å². The Kier molecular flexibility index (Phi) is 6.07. The quantitative estimate of drug-likeness (QED) is 0.798. The molecule has 0 aromatic heterocycles. The van der Waals surface area contributed by atoms with Gasteiger partial charge in [0.1, 0.15) is 0 Å². The zero-order chi connectivity index (χ0) is 19.8. The van der Waals surface area contributed by atoms with Crippen molar-refractivity contribution in [2.24, 2.45) is 17.8 Å². The lowest BCUT2D eigenvalue weighted by atomic mass is 9.68. The third kappa shape index (κ3) is 4.12. The van der Waals surface area contributed by atoms with E-state index in [2.05, 4.69) is 44.7 Å². The first-order chi connectivity index (χ1) is 12.8. The first-order valence-corrected chi connectivity index (χ1v) is 10.5. The van der Waals surface area contributed by atoms with Gasteiger partial charge < -0.3 is 14.6 Å². The Morgan fingerprint density at radius 3 is 2.37 bits per heavy atom. The van der Waals surface area contributed by atoms with Crippen LogP contribution < -0.4 is 9.47 Å². The minimum absolute atomic E-state index is 0.265. The van der Waals surface area contributed by atoms with Gasteiger partial charge in [0.15, 0.2) is 11.5 Å². The third-order valence-electron chi connectivity index (χ3n) is 6.39. The maximum atomic E-state index is 11.8. The van der Waals surface area contributed by atoms with Crippen LogP contribution in [0.25, 0.3) is 0 Å². The third-order valence-corrected chi connectivity index (χ3v) is 6.39. The smallest absolute Gasteiger partial charge is 0.161 e. The number of fused-ring (bicyclic) bond motifs is 3. The highest BCUT2D eigenvalue weighted by molar-refractivity contribution is 5.49. The number of ether oxygens (including phenoxy) is 2. The molecule has 1 aromatic carbocycles. The Labute approximate surface area is 164 Å². The van der Waals surface area contributed by atoms with Crippen molar-refractivity contribution in [1.82, 2.24) is 4.90 Å². The molecule has 4 heteroatoms. The zero-order valence-electron chi connectivity index (χ0n) is 17.9. The summed E-state index contributed by atoms with van der Waals surface area (Å²) >= 11 is 0. The Morgan fingerprint density at radius 1 is 1.11 bits per heavy atom. The van der Waals surface area contributed by atoms with Crippen LogP contribution in [0.2, 0.25) is 0 Å². The average Bonchev–Trinajstić information content (AvgIpc) is 2.60. The van der Waals surface area contributed by atoms with Gasteiger partial charge in [-0.05, 0) is 60.8 Å². The summed E-state index contributed by atoms with van der Waals surface area (Å²) in [4.78, 5) is 2.59. The molecular weight excluding hydrogens is 338 g/mol. The fourth-order valence-corrected chi connectivity index (χ4v) is 5.31. The van der Waals surface area contributed by atoms with E-state index in [9.17, 15) is 5.11 Å². The molecule has 0 radical (unpaired) electrons. The second-order valence-corrected chi connectivity index (χ2v) is 9.40. The monoisotopic (exact) mass is 375 g/mol. The van der Waals surface area contributed by atoms with Crippen LogP contribution in [0.3, 0.4) is 0 Å². The van der Waals surface area contributed by atoms with Crippen molar-refractivity contribution >= 4 is 0 Å². The predicted octanol–water partition coefficient (Wildman–Crippen LogP) is 4.45. The standard InChI is InChI=1S/C23H37NO3/c1-15(2)9-18-14-24-8-7-17-10-21(26-5)22(27-6)11-19(17)20(24)13-23(18,25)12-16(3)4/h10-11,15-16,18,20,25H,7-9,12-14H2,1-6H3/t18-,20-,23+/m1/s1. The zero-order valence-corrected chi connectivity index (χ0v) is 17.9. The summed E-state index contributed by atoms with van der Waals surface area (Å²) in [5.41, 5.74) is 2.05. The second-order valence-electron chi connectivity index (χ2n) is 9.40. The van der Waals surface area contributed by atoms with Gasteiger partial charge in [0.2, 0.25) is 0 Å². The molecule has 1 aromatic rings. The number of methoxy groups -OCH3 is 2. The molecule has 4 nitrogen and oxygen atoms in total. The van der Waals surface area contributed by atoms with Crippen LogP contribution in [-0.4, -0.2) is 42.9 Å². The summed E-state index contributed by atoms with van der Waals surface area (Å²) in [6.07, 6.45) is 3.80. The number of piperidine rings is 1. The van der Waals surface area contributed by atoms with Gasteiger partial charge in [0, 0.05) is 25.0 Å². The van der Waals surface area contributed by atoms with Gasteiger partial charge in [0.25, 0.3) is 0 Å². The van der Waals surface area contributed by atoms with Gasteiger partial charge in [-0.3, -0.25) is 4.90 Å². The summed E-state index contributed by atoms with van der Waals surface area (Å²) in [6, 6.07) is 4.54. The van der Waals surface area contributed by atoms with Gasteiger partial charge in [0.05, 0.1) is 19.8 Å². The highest BCUT2D eigenvalue weighted by Crippen LogP contribution is 2.48. The molecule has 0 spiro atoms. The molecule has 3 atom stereocenters. The number of aliphatic hydroxyl groups is 1. The maximum Gasteiger partial charge on any atom is 0.161 e. The molecule has 152 valence electrons. The highest BCUT2D eigenvalue weighted by atomic mass is 16.5. The van der Waals surface area contributed by atoms with Crippen LogP contribution >= 0.6 is 0 Å². The summed E-state index contributed by atoms with van der Waals surface area (Å²) in [5, 5.41) is 11.8. The van der Waals surface area contributed by atoms with Crippen LogP contribution in [0.1, 0.15) is 64.1 Å². The van der Waals surface area contributed by atoms with Gasteiger partial charge in [-0.15, -0.1) is 0 Å². The normalized spacial score (nSPS) is 28.2. The fraction of sp³-hybridized carbons (Fsp3) is 0.739. The lowest BCUT2D eigenvalue weighted by Gasteiger charge is -2.52. The van der Waals surface area contributed by atoms with Crippen LogP contribution in [0.15, 0.2) is 12.1 Å². The summed E-state index contributed by atoms with van der Waals surface area (Å²) in [6.45, 7) is 11.0. The summed E-state index contributed by atoms with van der Waals surface area (Å²) < 4.78 is 11.1. The molecule has 0 amide bonds. The fourth-order valence-electron chi connectivity index (χ4n) is 5.31. The van der Waals surface area contributed by atoms with E-state index in [0.29, 0.717) is 17.8 Å². The van der Waals surface area contributed by atoms with E-state index in [1.54, 1.807) is 14.2 Å². The Morgan fingerprint density at radius 2 is 1.78 bits per heavy atom. The lowest BCUT2D eigenvalue weighted by Crippen LogP contribution is -2.55. The van der Waals surface area contributed by atoms with Gasteiger partial charge in [-0.25, -0.2) is 0 Å². The topological polar surface area (TPSA) is 41.9 Å². The van der Waals surface area contributed by atoms with E-state index in [1.807, 2.05) is 0 Å². The van der Waals surface area contributed by atoms with Crippen molar-refractivity contribution in [1.29, 1.82) is 0 Å². The molecule has 2 aliphatic heterocycles. The van der Waals surface area contributed by atoms with Crippen LogP contribution in [0.4, 0.5) is 0 Å². The molecule has 1 N–H and O–H groups in total. The van der Waals surface area contributed by atoms with Crippen molar-refractivity contribution in [3.8, 4) is 11.5 Å². The van der Waals surface area contributed by atoms with E-state index in [0.717, 1.165) is 50.3 Å². The Hall–Kier alpha value is -1.26. The minimum atomic E-state index is -0.596. The number of hydrogen-bond acceptors (Lipinski definition) is 4. The van der Waals surface area contributed by atoms with Gasteiger partial charge >= 0.3 is 0 Å². The number of hydrogen-bond donors (Lipinski definition) is 1. The molecule has 2 heterocycles. The maximum absolute atomic E-state index is 11.8. The summed E-state index contributed by atoms with van der Waals surface area (Å²) in [7, 11) is 3.39. The molecule has 1 fully saturated rings. The SMILES string of the molecule is COc1cc2c(cc1OC)[C@H]1C[C@@](O)(CC(C)C)[C@H](CC(C)C)CN1CC2. The average molecular weight is 376 g/mol. The van der Waals surface area contributed by atoms with Crippen LogP contribution in [0, 0.1) is 17.8 Å². The van der Waals surface area contributed by atoms with Crippen molar-refractivity contribution in [2.45, 2.75) is 65.0 Å². The molecule has 0 unspecified atom stereocenters. The van der Waals surface area contributed by atoms with Crippen molar-refractivity contribution in [3.05, 3.63) is 23.3 Å². The van der Waals surface area contributed by atoms with Gasteiger partial charge in [-0.2, -0.15) is 0 Å². The van der Waals surface area contributed by atoms with E-state index < -0.39 is 5.60 Å². The molecular formula is C23H37NO3. The minimum Gasteiger partial charge on any atom is -0.493 e. The number of rotatable bonds is 6. The van der Waals surface area contributed by atoms with Crippen LogP contribution in [-0.2, 0) is 6.42 Å². The van der Waals surface area contributed by atoms with E-state index in [1.165, 1.54) is 11.1 Å². The first-order valence-electron chi connectivity index (χ1n) is 10.5. The molecule has 0 saturated carbocycles. The largest absolute Gasteiger partial charge is 0.493 e. The lowest BCUT2D eigenvalue weighted by molar-refractivity contribution is -0.114. The molecule has 2 aliphatic rings. The number of benzene rings is 1. The predicted molar refractivity (Wildman–Crippen MR) is 110 cm³/mol. The van der Waals surface area contributed by atoms with E-state index >= 15 is 0 Å².